The molecule has 0 heterocycles. The van der Waals surface area contributed by atoms with Gasteiger partial charge in [-0.05, 0) is 67.6 Å². The van der Waals surface area contributed by atoms with Crippen molar-refractivity contribution in [3.63, 3.8) is 0 Å². The third-order valence-corrected chi connectivity index (χ3v) is 4.10. The van der Waals surface area contributed by atoms with Crippen LogP contribution >= 0.6 is 0 Å². The molecule has 5 heteroatoms. The molecule has 2 aromatic rings. The monoisotopic (exact) mass is 339 g/mol. The molecule has 0 atom stereocenters. The molecule has 1 aliphatic rings. The number of ether oxygens (including phenoxy) is 2. The van der Waals surface area contributed by atoms with Crippen LogP contribution in [-0.4, -0.2) is 25.1 Å². The smallest absolute Gasteiger partial charge is 0.338 e. The summed E-state index contributed by atoms with van der Waals surface area (Å²) >= 11 is 0. The first-order valence-corrected chi connectivity index (χ1v) is 8.47. The van der Waals surface area contributed by atoms with Gasteiger partial charge < -0.3 is 14.8 Å². The van der Waals surface area contributed by atoms with Crippen molar-refractivity contribution in [2.75, 3.05) is 18.5 Å². The Morgan fingerprint density at radius 1 is 1.08 bits per heavy atom. The van der Waals surface area contributed by atoms with E-state index >= 15 is 0 Å². The van der Waals surface area contributed by atoms with Crippen LogP contribution in [0.5, 0.6) is 5.75 Å². The van der Waals surface area contributed by atoms with Crippen LogP contribution in [0.2, 0.25) is 0 Å². The van der Waals surface area contributed by atoms with Crippen LogP contribution < -0.4 is 10.1 Å². The third kappa shape index (κ3) is 4.38. The maximum absolute atomic E-state index is 12.1. The summed E-state index contributed by atoms with van der Waals surface area (Å²) in [4.78, 5) is 23.8. The van der Waals surface area contributed by atoms with Crippen LogP contribution in [0.15, 0.2) is 42.5 Å². The molecule has 1 aliphatic carbocycles. The van der Waals surface area contributed by atoms with Gasteiger partial charge in [0.1, 0.15) is 5.75 Å². The highest BCUT2D eigenvalue weighted by Crippen LogP contribution is 2.24. The molecule has 0 aliphatic heterocycles. The topological polar surface area (TPSA) is 64.6 Å². The largest absolute Gasteiger partial charge is 0.484 e. The van der Waals surface area contributed by atoms with E-state index in [1.165, 1.54) is 17.5 Å². The third-order valence-electron chi connectivity index (χ3n) is 4.10. The summed E-state index contributed by atoms with van der Waals surface area (Å²) in [6.45, 7) is 1.94. The Kier molecular flexibility index (Phi) is 5.33. The molecule has 130 valence electrons. The van der Waals surface area contributed by atoms with Crippen LogP contribution in [0.4, 0.5) is 5.69 Å². The highest BCUT2D eigenvalue weighted by atomic mass is 16.5. The van der Waals surface area contributed by atoms with Crippen molar-refractivity contribution in [2.24, 2.45) is 0 Å². The fraction of sp³-hybridized carbons (Fsp3) is 0.300. The number of rotatable bonds is 6. The van der Waals surface area contributed by atoms with Gasteiger partial charge in [-0.2, -0.15) is 0 Å². The Bertz CT molecular complexity index is 785. The minimum absolute atomic E-state index is 0.122. The van der Waals surface area contributed by atoms with E-state index in [1.54, 1.807) is 31.2 Å². The lowest BCUT2D eigenvalue weighted by Gasteiger charge is -2.10. The van der Waals surface area contributed by atoms with Gasteiger partial charge in [-0.1, -0.05) is 12.1 Å². The van der Waals surface area contributed by atoms with Crippen LogP contribution in [0.25, 0.3) is 0 Å². The molecule has 1 amide bonds. The lowest BCUT2D eigenvalue weighted by atomic mass is 10.1. The first kappa shape index (κ1) is 17.0. The molecule has 0 saturated heterocycles. The zero-order valence-corrected chi connectivity index (χ0v) is 14.2. The fourth-order valence-corrected chi connectivity index (χ4v) is 2.92. The van der Waals surface area contributed by atoms with Gasteiger partial charge in [-0.25, -0.2) is 4.79 Å². The van der Waals surface area contributed by atoms with E-state index in [-0.39, 0.29) is 12.5 Å². The van der Waals surface area contributed by atoms with Crippen molar-refractivity contribution in [1.82, 2.24) is 0 Å². The van der Waals surface area contributed by atoms with Gasteiger partial charge in [0.2, 0.25) is 0 Å². The summed E-state index contributed by atoms with van der Waals surface area (Å²) in [6.07, 6.45) is 3.35. The number of hydrogen-bond acceptors (Lipinski definition) is 4. The van der Waals surface area contributed by atoms with Gasteiger partial charge in [-0.15, -0.1) is 0 Å². The van der Waals surface area contributed by atoms with Crippen molar-refractivity contribution >= 4 is 17.6 Å². The molecule has 5 nitrogen and oxygen atoms in total. The second-order valence-corrected chi connectivity index (χ2v) is 5.92. The molecule has 1 N–H and O–H groups in total. The highest BCUT2D eigenvalue weighted by molar-refractivity contribution is 5.92. The Labute approximate surface area is 147 Å². The number of fused-ring (bicyclic) bond motifs is 1. The SMILES string of the molecule is CCOC(=O)c1cccc(OCC(=O)Nc2ccc3c(c2)CCC3)c1. The van der Waals surface area contributed by atoms with Crippen LogP contribution in [0.3, 0.4) is 0 Å². The van der Waals surface area contributed by atoms with Gasteiger partial charge in [0, 0.05) is 5.69 Å². The first-order chi connectivity index (χ1) is 12.2. The van der Waals surface area contributed by atoms with E-state index in [0.29, 0.717) is 17.9 Å². The maximum Gasteiger partial charge on any atom is 0.338 e. The van der Waals surface area contributed by atoms with Crippen LogP contribution in [0.1, 0.15) is 34.8 Å². The molecule has 3 rings (SSSR count). The molecule has 0 saturated carbocycles. The number of esters is 1. The molecule has 0 spiro atoms. The molecular weight excluding hydrogens is 318 g/mol. The molecule has 0 unspecified atom stereocenters. The summed E-state index contributed by atoms with van der Waals surface area (Å²) < 4.78 is 10.4. The Morgan fingerprint density at radius 2 is 1.92 bits per heavy atom. The van der Waals surface area contributed by atoms with E-state index in [9.17, 15) is 9.59 Å². The Hall–Kier alpha value is -2.82. The number of aryl methyl sites for hydroxylation is 2. The Balaban J connectivity index is 1.55. The van der Waals surface area contributed by atoms with Crippen molar-refractivity contribution in [3.8, 4) is 5.75 Å². The number of nitrogens with one attached hydrogen (secondary N) is 1. The summed E-state index contributed by atoms with van der Waals surface area (Å²) in [5, 5.41) is 2.84. The van der Waals surface area contributed by atoms with Gasteiger partial charge >= 0.3 is 5.97 Å². The van der Waals surface area contributed by atoms with E-state index in [2.05, 4.69) is 11.4 Å². The fourth-order valence-electron chi connectivity index (χ4n) is 2.92. The zero-order valence-electron chi connectivity index (χ0n) is 14.2. The van der Waals surface area contributed by atoms with E-state index in [0.717, 1.165) is 18.5 Å². The first-order valence-electron chi connectivity index (χ1n) is 8.47. The predicted octanol–water partition coefficient (Wildman–Crippen LogP) is 3.37. The van der Waals surface area contributed by atoms with Gasteiger partial charge in [0.05, 0.1) is 12.2 Å². The van der Waals surface area contributed by atoms with Crippen LogP contribution in [-0.2, 0) is 22.4 Å². The number of anilines is 1. The molecule has 0 aromatic heterocycles. The van der Waals surface area contributed by atoms with Gasteiger partial charge in [0.25, 0.3) is 5.91 Å². The number of carbonyl (C=O) groups is 2. The molecule has 2 aromatic carbocycles. The normalized spacial score (nSPS) is 12.4. The number of hydrogen-bond donors (Lipinski definition) is 1. The molecular formula is C20H21NO4. The lowest BCUT2D eigenvalue weighted by Crippen LogP contribution is -2.20. The average Bonchev–Trinajstić information content (AvgIpc) is 3.08. The second kappa shape index (κ2) is 7.83. The zero-order chi connectivity index (χ0) is 17.6. The van der Waals surface area contributed by atoms with E-state index < -0.39 is 5.97 Å². The summed E-state index contributed by atoms with van der Waals surface area (Å²) in [6, 6.07) is 12.6. The number of amides is 1. The minimum Gasteiger partial charge on any atom is -0.484 e. The minimum atomic E-state index is -0.407. The van der Waals surface area contributed by atoms with E-state index in [4.69, 9.17) is 9.47 Å². The quantitative estimate of drug-likeness (QED) is 0.820. The van der Waals surface area contributed by atoms with Gasteiger partial charge in [-0.3, -0.25) is 4.79 Å². The van der Waals surface area contributed by atoms with Gasteiger partial charge in [0.15, 0.2) is 6.61 Å². The average molecular weight is 339 g/mol. The van der Waals surface area contributed by atoms with E-state index in [1.807, 2.05) is 12.1 Å². The molecule has 0 bridgehead atoms. The Morgan fingerprint density at radius 3 is 2.76 bits per heavy atom. The van der Waals surface area contributed by atoms with Crippen molar-refractivity contribution < 1.29 is 19.1 Å². The van der Waals surface area contributed by atoms with Crippen LogP contribution in [0, 0.1) is 0 Å². The van der Waals surface area contributed by atoms with Crippen molar-refractivity contribution in [1.29, 1.82) is 0 Å². The number of benzene rings is 2. The molecule has 0 fully saturated rings. The van der Waals surface area contributed by atoms with Crippen molar-refractivity contribution in [3.05, 3.63) is 59.2 Å². The maximum atomic E-state index is 12.1. The highest BCUT2D eigenvalue weighted by Gasteiger charge is 2.12. The second-order valence-electron chi connectivity index (χ2n) is 5.92. The lowest BCUT2D eigenvalue weighted by molar-refractivity contribution is -0.118. The molecule has 0 radical (unpaired) electrons. The number of carbonyl (C=O) groups excluding carboxylic acids is 2. The van der Waals surface area contributed by atoms with Crippen molar-refractivity contribution in [2.45, 2.75) is 26.2 Å². The predicted molar refractivity (Wildman–Crippen MR) is 95.0 cm³/mol. The standard InChI is InChI=1S/C20H21NO4/c1-2-24-20(23)16-7-4-8-18(12-16)25-13-19(22)21-17-10-9-14-5-3-6-15(14)11-17/h4,7-12H,2-3,5-6,13H2,1H3,(H,21,22). The summed E-state index contributed by atoms with van der Waals surface area (Å²) in [5.74, 6) is -0.190. The summed E-state index contributed by atoms with van der Waals surface area (Å²) in [7, 11) is 0. The summed E-state index contributed by atoms with van der Waals surface area (Å²) in [5.41, 5.74) is 3.86. The molecule has 25 heavy (non-hydrogen) atoms.